The van der Waals surface area contributed by atoms with Crippen molar-refractivity contribution in [3.05, 3.63) is 54.3 Å². The van der Waals surface area contributed by atoms with Crippen molar-refractivity contribution in [1.29, 1.82) is 0 Å². The fourth-order valence-electron chi connectivity index (χ4n) is 3.11. The van der Waals surface area contributed by atoms with Gasteiger partial charge in [-0.25, -0.2) is 9.07 Å². The summed E-state index contributed by atoms with van der Waals surface area (Å²) in [6.45, 7) is 2.23. The van der Waals surface area contributed by atoms with Gasteiger partial charge in [0, 0.05) is 11.6 Å². The van der Waals surface area contributed by atoms with Crippen molar-refractivity contribution in [3.63, 3.8) is 0 Å². The van der Waals surface area contributed by atoms with Crippen molar-refractivity contribution in [2.75, 3.05) is 11.9 Å². The molecule has 0 aliphatic heterocycles. The average Bonchev–Trinajstić information content (AvgIpc) is 3.05. The number of aromatic nitrogens is 3. The number of nitrogens with zero attached hydrogens (tertiary/aromatic N) is 3. The van der Waals surface area contributed by atoms with E-state index in [1.54, 1.807) is 24.3 Å². The van der Waals surface area contributed by atoms with Crippen LogP contribution in [0.5, 0.6) is 6.01 Å². The van der Waals surface area contributed by atoms with Crippen LogP contribution in [0.3, 0.4) is 0 Å². The van der Waals surface area contributed by atoms with Crippen molar-refractivity contribution in [3.8, 4) is 23.1 Å². The van der Waals surface area contributed by atoms with Gasteiger partial charge in [-0.15, -0.1) is 5.10 Å². The molecule has 2 aromatic carbocycles. The van der Waals surface area contributed by atoms with Gasteiger partial charge >= 0.3 is 6.01 Å². The summed E-state index contributed by atoms with van der Waals surface area (Å²) in [6, 6.07) is 13.8. The van der Waals surface area contributed by atoms with Crippen LogP contribution in [0.15, 0.2) is 48.5 Å². The quantitative estimate of drug-likeness (QED) is 0.695. The minimum atomic E-state index is -0.395. The van der Waals surface area contributed by atoms with Crippen molar-refractivity contribution < 1.29 is 13.9 Å². The second kappa shape index (κ2) is 7.80. The fourth-order valence-corrected chi connectivity index (χ4v) is 3.11. The molecule has 4 rings (SSSR count). The molecular weight excluding hydrogens is 359 g/mol. The Balaban J connectivity index is 1.71. The van der Waals surface area contributed by atoms with E-state index in [4.69, 9.17) is 4.74 Å². The highest BCUT2D eigenvalue weighted by Gasteiger charge is 2.25. The van der Waals surface area contributed by atoms with Crippen LogP contribution in [-0.2, 0) is 4.79 Å². The first-order valence-electron chi connectivity index (χ1n) is 9.41. The largest absolute Gasteiger partial charge is 0.463 e. The second-order valence-corrected chi connectivity index (χ2v) is 6.71. The third-order valence-electron chi connectivity index (χ3n) is 4.81. The molecule has 28 heavy (non-hydrogen) atoms. The molecule has 0 bridgehead atoms. The van der Waals surface area contributed by atoms with Crippen molar-refractivity contribution >= 4 is 11.6 Å². The van der Waals surface area contributed by atoms with E-state index in [1.807, 2.05) is 25.1 Å². The molecule has 0 saturated heterocycles. The summed E-state index contributed by atoms with van der Waals surface area (Å²) in [5.74, 6) is 0.0672. The lowest BCUT2D eigenvalue weighted by Gasteiger charge is -2.24. The number of nitrogens with one attached hydrogen (secondary N) is 1. The minimum absolute atomic E-state index is 0.0336. The van der Waals surface area contributed by atoms with E-state index in [9.17, 15) is 9.18 Å². The van der Waals surface area contributed by atoms with Gasteiger partial charge in [-0.1, -0.05) is 24.6 Å². The summed E-state index contributed by atoms with van der Waals surface area (Å²) in [6.07, 6.45) is 2.97. The molecule has 1 aliphatic carbocycles. The summed E-state index contributed by atoms with van der Waals surface area (Å²) in [7, 11) is 0. The number of carbonyl (C=O) groups excluding carboxylic acids is 1. The molecule has 1 saturated carbocycles. The standard InChI is InChI=1S/C21H21FN4O2/c1-2-28-21-24-19(17-11-3-4-12-18(17)22)26(25-21)16-10-6-9-15(13-16)23-20(27)14-7-5-8-14/h3-4,6,9-14H,2,5,7-8H2,1H3,(H,23,27). The van der Waals surface area contributed by atoms with Crippen LogP contribution >= 0.6 is 0 Å². The van der Waals surface area contributed by atoms with Gasteiger partial charge < -0.3 is 10.1 Å². The third kappa shape index (κ3) is 3.60. The molecule has 1 fully saturated rings. The van der Waals surface area contributed by atoms with Crippen LogP contribution in [0.1, 0.15) is 26.2 Å². The van der Waals surface area contributed by atoms with Gasteiger partial charge in [0.1, 0.15) is 5.82 Å². The Hall–Kier alpha value is -3.22. The number of hydrogen-bond acceptors (Lipinski definition) is 4. The third-order valence-corrected chi connectivity index (χ3v) is 4.81. The van der Waals surface area contributed by atoms with Crippen LogP contribution in [0.4, 0.5) is 10.1 Å². The van der Waals surface area contributed by atoms with E-state index < -0.39 is 5.82 Å². The van der Waals surface area contributed by atoms with Gasteiger partial charge in [-0.3, -0.25) is 4.79 Å². The van der Waals surface area contributed by atoms with Crippen LogP contribution in [0, 0.1) is 11.7 Å². The molecule has 0 radical (unpaired) electrons. The number of hydrogen-bond donors (Lipinski definition) is 1. The van der Waals surface area contributed by atoms with Gasteiger partial charge in [0.25, 0.3) is 0 Å². The molecule has 6 nitrogen and oxygen atoms in total. The Kier molecular flexibility index (Phi) is 5.06. The number of rotatable bonds is 6. The smallest absolute Gasteiger partial charge is 0.336 e. The van der Waals surface area contributed by atoms with E-state index in [1.165, 1.54) is 10.7 Å². The molecule has 0 atom stereocenters. The maximum atomic E-state index is 14.4. The molecule has 1 N–H and O–H groups in total. The van der Waals surface area contributed by atoms with E-state index >= 15 is 0 Å². The fraction of sp³-hybridized carbons (Fsp3) is 0.286. The topological polar surface area (TPSA) is 69.0 Å². The van der Waals surface area contributed by atoms with Crippen LogP contribution < -0.4 is 10.1 Å². The first-order chi connectivity index (χ1) is 13.7. The van der Waals surface area contributed by atoms with E-state index in [0.717, 1.165) is 19.3 Å². The highest BCUT2D eigenvalue weighted by molar-refractivity contribution is 5.93. The van der Waals surface area contributed by atoms with Crippen LogP contribution in [0.25, 0.3) is 17.1 Å². The summed E-state index contributed by atoms with van der Waals surface area (Å²) >= 11 is 0. The Bertz CT molecular complexity index is 998. The number of ether oxygens (including phenoxy) is 1. The number of amides is 1. The Labute approximate surface area is 162 Å². The average molecular weight is 380 g/mol. The lowest BCUT2D eigenvalue weighted by atomic mass is 9.85. The second-order valence-electron chi connectivity index (χ2n) is 6.71. The Morgan fingerprint density at radius 3 is 2.79 bits per heavy atom. The molecule has 0 unspecified atom stereocenters. The SMILES string of the molecule is CCOc1nc(-c2ccccc2F)n(-c2cccc(NC(=O)C3CCC3)c2)n1. The number of benzene rings is 2. The van der Waals surface area contributed by atoms with Crippen LogP contribution in [0.2, 0.25) is 0 Å². The molecule has 0 spiro atoms. The first kappa shape index (κ1) is 18.2. The molecule has 144 valence electrons. The van der Waals surface area contributed by atoms with E-state index in [2.05, 4.69) is 15.4 Å². The molecular formula is C21H21FN4O2. The van der Waals surface area contributed by atoms with Crippen molar-refractivity contribution in [2.24, 2.45) is 5.92 Å². The highest BCUT2D eigenvalue weighted by atomic mass is 19.1. The van der Waals surface area contributed by atoms with Crippen molar-refractivity contribution in [1.82, 2.24) is 14.8 Å². The molecule has 3 aromatic rings. The number of halogens is 1. The van der Waals surface area contributed by atoms with E-state index in [0.29, 0.717) is 29.4 Å². The highest BCUT2D eigenvalue weighted by Crippen LogP contribution is 2.29. The lowest BCUT2D eigenvalue weighted by Crippen LogP contribution is -2.28. The van der Waals surface area contributed by atoms with Gasteiger partial charge in [0.2, 0.25) is 5.91 Å². The maximum absolute atomic E-state index is 14.4. The normalized spacial score (nSPS) is 13.8. The molecule has 7 heteroatoms. The zero-order chi connectivity index (χ0) is 19.5. The summed E-state index contributed by atoms with van der Waals surface area (Å²) < 4.78 is 21.3. The number of anilines is 1. The predicted molar refractivity (Wildman–Crippen MR) is 104 cm³/mol. The summed E-state index contributed by atoms with van der Waals surface area (Å²) in [5, 5.41) is 7.33. The zero-order valence-corrected chi connectivity index (χ0v) is 15.6. The maximum Gasteiger partial charge on any atom is 0.336 e. The zero-order valence-electron chi connectivity index (χ0n) is 15.6. The monoisotopic (exact) mass is 380 g/mol. The summed E-state index contributed by atoms with van der Waals surface area (Å²) in [4.78, 5) is 16.6. The number of carbonyl (C=O) groups is 1. The van der Waals surface area contributed by atoms with Gasteiger partial charge in [0.05, 0.1) is 17.9 Å². The molecule has 1 amide bonds. The van der Waals surface area contributed by atoms with E-state index in [-0.39, 0.29) is 17.8 Å². The Morgan fingerprint density at radius 1 is 1.25 bits per heavy atom. The molecule has 1 aromatic heterocycles. The minimum Gasteiger partial charge on any atom is -0.463 e. The molecule has 1 aliphatic rings. The van der Waals surface area contributed by atoms with Gasteiger partial charge in [0.15, 0.2) is 5.82 Å². The Morgan fingerprint density at radius 2 is 2.07 bits per heavy atom. The van der Waals surface area contributed by atoms with Crippen LogP contribution in [-0.4, -0.2) is 27.3 Å². The first-order valence-corrected chi connectivity index (χ1v) is 9.41. The summed E-state index contributed by atoms with van der Waals surface area (Å²) in [5.41, 5.74) is 1.65. The van der Waals surface area contributed by atoms with Gasteiger partial charge in [-0.2, -0.15) is 4.98 Å². The predicted octanol–water partition coefficient (Wildman–Crippen LogP) is 4.21. The molecule has 1 heterocycles. The van der Waals surface area contributed by atoms with Gasteiger partial charge in [-0.05, 0) is 50.1 Å². The lowest BCUT2D eigenvalue weighted by molar-refractivity contribution is -0.122. The van der Waals surface area contributed by atoms with Crippen molar-refractivity contribution in [2.45, 2.75) is 26.2 Å².